The number of amides is 1. The number of para-hydroxylation sites is 1. The van der Waals surface area contributed by atoms with Crippen LogP contribution in [0, 0.1) is 5.92 Å². The minimum absolute atomic E-state index is 0.00225. The van der Waals surface area contributed by atoms with Gasteiger partial charge in [-0.2, -0.15) is 5.10 Å². The number of aromatic nitrogens is 2. The molecule has 1 aromatic heterocycles. The number of hydrogen-bond donors (Lipinski definition) is 0. The summed E-state index contributed by atoms with van der Waals surface area (Å²) in [6, 6.07) is 13.6. The van der Waals surface area contributed by atoms with Crippen LogP contribution in [0.25, 0.3) is 11.3 Å². The van der Waals surface area contributed by atoms with E-state index in [1.165, 1.54) is 0 Å². The lowest BCUT2D eigenvalue weighted by Crippen LogP contribution is -2.49. The molecule has 36 heavy (non-hydrogen) atoms. The van der Waals surface area contributed by atoms with Crippen molar-refractivity contribution >= 4 is 5.91 Å². The second kappa shape index (κ2) is 9.88. The summed E-state index contributed by atoms with van der Waals surface area (Å²) in [4.78, 5) is 15.3. The van der Waals surface area contributed by atoms with Crippen molar-refractivity contribution in [1.29, 1.82) is 0 Å². The van der Waals surface area contributed by atoms with Gasteiger partial charge in [0.15, 0.2) is 11.5 Å². The Hall–Kier alpha value is -3.48. The van der Waals surface area contributed by atoms with E-state index < -0.39 is 5.60 Å². The number of likely N-dealkylation sites (tertiary alicyclic amines) is 1. The summed E-state index contributed by atoms with van der Waals surface area (Å²) in [6.45, 7) is 9.06. The van der Waals surface area contributed by atoms with Crippen molar-refractivity contribution in [3.05, 3.63) is 59.8 Å². The number of methoxy groups -OCH3 is 1. The number of hydrogen-bond acceptors (Lipinski definition) is 5. The summed E-state index contributed by atoms with van der Waals surface area (Å²) < 4.78 is 20.1. The fourth-order valence-electron chi connectivity index (χ4n) is 5.21. The number of ether oxygens (including phenoxy) is 3. The standard InChI is InChI=1S/C29H35N3O4/c1-5-32-27-22-8-6-7-9-24(22)36-29(23(27)19-30-32)13-15-31(16-14-29)28(33)21-10-11-25(26(18-21)34-4)35-17-12-20(2)3/h6-11,18-20H,5,12-17H2,1-4H3. The van der Waals surface area contributed by atoms with Crippen LogP contribution in [0.3, 0.4) is 0 Å². The quantitative estimate of drug-likeness (QED) is 0.437. The van der Waals surface area contributed by atoms with E-state index in [0.717, 1.165) is 35.5 Å². The average Bonchev–Trinajstić information content (AvgIpc) is 3.34. The highest BCUT2D eigenvalue weighted by Crippen LogP contribution is 2.49. The minimum atomic E-state index is -0.473. The van der Waals surface area contributed by atoms with Gasteiger partial charge in [0, 0.05) is 49.2 Å². The van der Waals surface area contributed by atoms with Gasteiger partial charge in [-0.15, -0.1) is 0 Å². The maximum Gasteiger partial charge on any atom is 0.253 e. The molecule has 0 atom stereocenters. The molecular weight excluding hydrogens is 454 g/mol. The van der Waals surface area contributed by atoms with Crippen LogP contribution in [0.15, 0.2) is 48.7 Å². The van der Waals surface area contributed by atoms with Crippen LogP contribution < -0.4 is 14.2 Å². The van der Waals surface area contributed by atoms with Crippen molar-refractivity contribution in [3.8, 4) is 28.5 Å². The first-order valence-corrected chi connectivity index (χ1v) is 12.9. The largest absolute Gasteiger partial charge is 0.493 e. The molecule has 7 heteroatoms. The summed E-state index contributed by atoms with van der Waals surface area (Å²) in [6.07, 6.45) is 4.34. The zero-order valence-electron chi connectivity index (χ0n) is 21.6. The van der Waals surface area contributed by atoms with E-state index in [1.807, 2.05) is 46.1 Å². The molecule has 0 radical (unpaired) electrons. The molecule has 2 aliphatic heterocycles. The van der Waals surface area contributed by atoms with Crippen LogP contribution in [0.4, 0.5) is 0 Å². The molecule has 0 N–H and O–H groups in total. The second-order valence-electron chi connectivity index (χ2n) is 10.0. The number of carbonyl (C=O) groups is 1. The van der Waals surface area contributed by atoms with Crippen molar-refractivity contribution in [2.45, 2.75) is 52.2 Å². The SMILES string of the molecule is CCn1ncc2c1-c1ccccc1OC21CCN(C(=O)c2ccc(OCCC(C)C)c(OC)c2)CC1. The first kappa shape index (κ1) is 24.2. The molecule has 5 rings (SSSR count). The summed E-state index contributed by atoms with van der Waals surface area (Å²) in [5, 5.41) is 4.65. The lowest BCUT2D eigenvalue weighted by atomic mass is 9.81. The molecule has 1 amide bonds. The van der Waals surface area contributed by atoms with Crippen LogP contribution in [0.5, 0.6) is 17.2 Å². The fraction of sp³-hybridized carbons (Fsp3) is 0.448. The maximum absolute atomic E-state index is 13.4. The Labute approximate surface area is 213 Å². The molecule has 190 valence electrons. The third kappa shape index (κ3) is 4.31. The van der Waals surface area contributed by atoms with Crippen molar-refractivity contribution in [1.82, 2.24) is 14.7 Å². The van der Waals surface area contributed by atoms with E-state index >= 15 is 0 Å². The summed E-state index contributed by atoms with van der Waals surface area (Å²) in [7, 11) is 1.61. The van der Waals surface area contributed by atoms with Crippen LogP contribution in [0.2, 0.25) is 0 Å². The first-order chi connectivity index (χ1) is 17.5. The molecule has 3 aromatic rings. The van der Waals surface area contributed by atoms with Gasteiger partial charge in [0.2, 0.25) is 0 Å². The monoisotopic (exact) mass is 489 g/mol. The second-order valence-corrected chi connectivity index (χ2v) is 10.0. The molecule has 0 saturated carbocycles. The topological polar surface area (TPSA) is 65.8 Å². The Morgan fingerprint density at radius 2 is 1.92 bits per heavy atom. The Balaban J connectivity index is 1.33. The summed E-state index contributed by atoms with van der Waals surface area (Å²) >= 11 is 0. The van der Waals surface area contributed by atoms with Crippen molar-refractivity contribution in [2.75, 3.05) is 26.8 Å². The number of piperidine rings is 1. The van der Waals surface area contributed by atoms with Crippen molar-refractivity contribution < 1.29 is 19.0 Å². The highest BCUT2D eigenvalue weighted by atomic mass is 16.5. The van der Waals surface area contributed by atoms with Crippen LogP contribution in [0.1, 0.15) is 56.0 Å². The molecule has 1 saturated heterocycles. The number of carbonyl (C=O) groups excluding carboxylic acids is 1. The lowest BCUT2D eigenvalue weighted by molar-refractivity contribution is -0.00175. The van der Waals surface area contributed by atoms with E-state index in [9.17, 15) is 4.79 Å². The van der Waals surface area contributed by atoms with Gasteiger partial charge < -0.3 is 19.1 Å². The number of rotatable bonds is 7. The van der Waals surface area contributed by atoms with Crippen molar-refractivity contribution in [3.63, 3.8) is 0 Å². The summed E-state index contributed by atoms with van der Waals surface area (Å²) in [5.41, 5.74) is 3.48. The number of aryl methyl sites for hydroxylation is 1. The van der Waals surface area contributed by atoms with E-state index in [0.29, 0.717) is 55.5 Å². The molecule has 0 unspecified atom stereocenters. The zero-order chi connectivity index (χ0) is 25.3. The summed E-state index contributed by atoms with van der Waals surface area (Å²) in [5.74, 6) is 2.70. The van der Waals surface area contributed by atoms with E-state index in [1.54, 1.807) is 13.2 Å². The third-order valence-electron chi connectivity index (χ3n) is 7.30. The maximum atomic E-state index is 13.4. The Bertz CT molecular complexity index is 1240. The van der Waals surface area contributed by atoms with Gasteiger partial charge in [-0.25, -0.2) is 0 Å². The van der Waals surface area contributed by atoms with E-state index in [4.69, 9.17) is 14.2 Å². The van der Waals surface area contributed by atoms with Gasteiger partial charge in [-0.05, 0) is 49.6 Å². The number of nitrogens with zero attached hydrogens (tertiary/aromatic N) is 3. The van der Waals surface area contributed by atoms with Crippen LogP contribution >= 0.6 is 0 Å². The molecule has 0 bridgehead atoms. The van der Waals surface area contributed by atoms with Gasteiger partial charge in [0.05, 0.1) is 25.6 Å². The number of benzene rings is 2. The lowest BCUT2D eigenvalue weighted by Gasteiger charge is -2.44. The smallest absolute Gasteiger partial charge is 0.253 e. The van der Waals surface area contributed by atoms with Gasteiger partial charge in [-0.1, -0.05) is 26.0 Å². The molecule has 1 spiro atoms. The Morgan fingerprint density at radius 1 is 1.14 bits per heavy atom. The van der Waals surface area contributed by atoms with E-state index in [-0.39, 0.29) is 5.91 Å². The zero-order valence-corrected chi connectivity index (χ0v) is 21.6. The normalized spacial score (nSPS) is 15.9. The molecule has 2 aromatic carbocycles. The van der Waals surface area contributed by atoms with Gasteiger partial charge >= 0.3 is 0 Å². The fourth-order valence-corrected chi connectivity index (χ4v) is 5.21. The highest BCUT2D eigenvalue weighted by Gasteiger charge is 2.46. The molecular formula is C29H35N3O4. The minimum Gasteiger partial charge on any atom is -0.493 e. The Morgan fingerprint density at radius 3 is 2.64 bits per heavy atom. The molecule has 1 fully saturated rings. The molecule has 7 nitrogen and oxygen atoms in total. The first-order valence-electron chi connectivity index (χ1n) is 12.9. The Kier molecular flexibility index (Phi) is 6.65. The average molecular weight is 490 g/mol. The molecule has 2 aliphatic rings. The van der Waals surface area contributed by atoms with Gasteiger partial charge in [0.25, 0.3) is 5.91 Å². The molecule has 0 aliphatic carbocycles. The third-order valence-corrected chi connectivity index (χ3v) is 7.30. The van der Waals surface area contributed by atoms with E-state index in [2.05, 4.69) is 31.9 Å². The van der Waals surface area contributed by atoms with Gasteiger partial charge in [-0.3, -0.25) is 9.48 Å². The van der Waals surface area contributed by atoms with Crippen LogP contribution in [-0.4, -0.2) is 47.4 Å². The predicted octanol–water partition coefficient (Wildman–Crippen LogP) is 5.53. The van der Waals surface area contributed by atoms with Crippen molar-refractivity contribution in [2.24, 2.45) is 5.92 Å². The van der Waals surface area contributed by atoms with Crippen LogP contribution in [-0.2, 0) is 12.1 Å². The number of fused-ring (bicyclic) bond motifs is 4. The predicted molar refractivity (Wildman–Crippen MR) is 139 cm³/mol. The van der Waals surface area contributed by atoms with Gasteiger partial charge in [0.1, 0.15) is 11.4 Å². The molecule has 3 heterocycles. The highest BCUT2D eigenvalue weighted by molar-refractivity contribution is 5.95.